The third-order valence-electron chi connectivity index (χ3n) is 2.23. The largest absolute Gasteiger partial charge is 0.480 e. The van der Waals surface area contributed by atoms with Gasteiger partial charge in [-0.25, -0.2) is 4.79 Å². The molecule has 0 fully saturated rings. The van der Waals surface area contributed by atoms with E-state index in [0.29, 0.717) is 18.5 Å². The van der Waals surface area contributed by atoms with Gasteiger partial charge in [-0.05, 0) is 12.8 Å². The lowest BCUT2D eigenvalue weighted by Crippen LogP contribution is -2.27. The zero-order valence-corrected chi connectivity index (χ0v) is 6.80. The van der Waals surface area contributed by atoms with Crippen molar-refractivity contribution in [3.8, 4) is 0 Å². The number of aryl methyl sites for hydroxylation is 1. The van der Waals surface area contributed by atoms with Crippen LogP contribution in [0.1, 0.15) is 18.2 Å². The molecule has 0 spiro atoms. The zero-order valence-electron chi connectivity index (χ0n) is 6.80. The van der Waals surface area contributed by atoms with E-state index >= 15 is 0 Å². The maximum atomic E-state index is 11.3. The Morgan fingerprint density at radius 3 is 3.08 bits per heavy atom. The highest BCUT2D eigenvalue weighted by Gasteiger charge is 2.28. The van der Waals surface area contributed by atoms with Crippen LogP contribution >= 0.6 is 0 Å². The average Bonchev–Trinajstić information content (AvgIpc) is 2.49. The van der Waals surface area contributed by atoms with Crippen molar-refractivity contribution in [2.75, 3.05) is 0 Å². The highest BCUT2D eigenvalue weighted by Crippen LogP contribution is 2.22. The molecular weight excluding hydrogens is 172 g/mol. The summed E-state index contributed by atoms with van der Waals surface area (Å²) >= 11 is 0. The van der Waals surface area contributed by atoms with E-state index in [9.17, 15) is 9.59 Å². The van der Waals surface area contributed by atoms with Crippen LogP contribution in [0.4, 0.5) is 0 Å². The number of carboxylic acids is 1. The fraction of sp³-hybridized carbons (Fsp3) is 0.375. The Bertz CT molecular complexity index is 410. The fourth-order valence-corrected chi connectivity index (χ4v) is 1.64. The molecule has 1 unspecified atom stereocenters. The van der Waals surface area contributed by atoms with Gasteiger partial charge in [0.1, 0.15) is 6.04 Å². The Balaban J connectivity index is 2.58. The van der Waals surface area contributed by atoms with Crippen LogP contribution in [-0.2, 0) is 11.2 Å². The predicted molar refractivity (Wildman–Crippen MR) is 43.5 cm³/mol. The van der Waals surface area contributed by atoms with Gasteiger partial charge in [0.15, 0.2) is 0 Å². The standard InChI is InChI=1S/C8H8N2O3/c11-7-4-9-3-5-1-2-6(8(12)13)10(5)7/h3-4,6H,1-2H2,(H,12,13). The second-order valence-electron chi connectivity index (χ2n) is 3.00. The number of hydrogen-bond donors (Lipinski definition) is 1. The number of rotatable bonds is 1. The highest BCUT2D eigenvalue weighted by molar-refractivity contribution is 5.72. The molecule has 0 bridgehead atoms. The van der Waals surface area contributed by atoms with Gasteiger partial charge in [-0.1, -0.05) is 0 Å². The second-order valence-corrected chi connectivity index (χ2v) is 3.00. The summed E-state index contributed by atoms with van der Waals surface area (Å²) < 4.78 is 1.30. The molecule has 0 saturated carbocycles. The third-order valence-corrected chi connectivity index (χ3v) is 2.23. The first-order valence-electron chi connectivity index (χ1n) is 3.98. The molecule has 1 aliphatic heterocycles. The molecule has 1 N–H and O–H groups in total. The predicted octanol–water partition coefficient (Wildman–Crippen LogP) is -0.185. The summed E-state index contributed by atoms with van der Waals surface area (Å²) in [5.74, 6) is -0.952. The van der Waals surface area contributed by atoms with Gasteiger partial charge in [0, 0.05) is 11.9 Å². The van der Waals surface area contributed by atoms with Gasteiger partial charge in [0.25, 0.3) is 5.56 Å². The van der Waals surface area contributed by atoms with Crippen molar-refractivity contribution < 1.29 is 9.90 Å². The van der Waals surface area contributed by atoms with Gasteiger partial charge in [0.05, 0.1) is 6.20 Å². The first-order valence-corrected chi connectivity index (χ1v) is 3.98. The van der Waals surface area contributed by atoms with Crippen molar-refractivity contribution in [1.82, 2.24) is 9.55 Å². The van der Waals surface area contributed by atoms with E-state index in [4.69, 9.17) is 5.11 Å². The van der Waals surface area contributed by atoms with Gasteiger partial charge in [-0.3, -0.25) is 14.3 Å². The molecule has 0 saturated heterocycles. The summed E-state index contributed by atoms with van der Waals surface area (Å²) in [7, 11) is 0. The van der Waals surface area contributed by atoms with Crippen LogP contribution in [0.2, 0.25) is 0 Å². The average molecular weight is 180 g/mol. The second kappa shape index (κ2) is 2.69. The van der Waals surface area contributed by atoms with E-state index < -0.39 is 12.0 Å². The van der Waals surface area contributed by atoms with E-state index in [2.05, 4.69) is 4.98 Å². The maximum absolute atomic E-state index is 11.3. The third kappa shape index (κ3) is 1.12. The van der Waals surface area contributed by atoms with Crippen molar-refractivity contribution in [3.05, 3.63) is 28.4 Å². The van der Waals surface area contributed by atoms with Crippen molar-refractivity contribution in [2.45, 2.75) is 18.9 Å². The van der Waals surface area contributed by atoms with Crippen molar-refractivity contribution >= 4 is 5.97 Å². The van der Waals surface area contributed by atoms with Crippen LogP contribution in [0.25, 0.3) is 0 Å². The molecule has 1 aliphatic rings. The SMILES string of the molecule is O=C(O)C1CCc2cncc(=O)n21. The number of carboxylic acid groups (broad SMARTS) is 1. The summed E-state index contributed by atoms with van der Waals surface area (Å²) in [4.78, 5) is 25.7. The molecule has 5 nitrogen and oxygen atoms in total. The van der Waals surface area contributed by atoms with E-state index in [0.717, 1.165) is 6.20 Å². The molecule has 0 aliphatic carbocycles. The minimum Gasteiger partial charge on any atom is -0.480 e. The zero-order chi connectivity index (χ0) is 9.42. The Labute approximate surface area is 73.7 Å². The minimum absolute atomic E-state index is 0.331. The molecule has 1 atom stereocenters. The summed E-state index contributed by atoms with van der Waals surface area (Å²) in [5, 5.41) is 8.80. The van der Waals surface area contributed by atoms with E-state index in [1.54, 1.807) is 6.20 Å². The van der Waals surface area contributed by atoms with Crippen molar-refractivity contribution in [3.63, 3.8) is 0 Å². The van der Waals surface area contributed by atoms with Crippen molar-refractivity contribution in [2.24, 2.45) is 0 Å². The van der Waals surface area contributed by atoms with Gasteiger partial charge in [0.2, 0.25) is 0 Å². The summed E-state index contributed by atoms with van der Waals surface area (Å²) in [6, 6.07) is -0.703. The number of hydrogen-bond acceptors (Lipinski definition) is 3. The van der Waals surface area contributed by atoms with Gasteiger partial charge in [-0.2, -0.15) is 0 Å². The lowest BCUT2D eigenvalue weighted by atomic mass is 10.2. The Morgan fingerprint density at radius 2 is 2.38 bits per heavy atom. The lowest BCUT2D eigenvalue weighted by molar-refractivity contribution is -0.140. The Hall–Kier alpha value is -1.65. The minimum atomic E-state index is -0.952. The molecule has 5 heteroatoms. The molecule has 0 amide bonds. The molecule has 0 aromatic carbocycles. The van der Waals surface area contributed by atoms with Crippen LogP contribution < -0.4 is 5.56 Å². The van der Waals surface area contributed by atoms with Crippen molar-refractivity contribution in [1.29, 1.82) is 0 Å². The molecule has 68 valence electrons. The molecular formula is C8H8N2O3. The highest BCUT2D eigenvalue weighted by atomic mass is 16.4. The maximum Gasteiger partial charge on any atom is 0.326 e. The van der Waals surface area contributed by atoms with Gasteiger partial charge < -0.3 is 5.11 Å². The Kier molecular flexibility index (Phi) is 1.65. The van der Waals surface area contributed by atoms with Gasteiger partial charge >= 0.3 is 5.97 Å². The molecule has 13 heavy (non-hydrogen) atoms. The molecule has 0 radical (unpaired) electrons. The summed E-state index contributed by atoms with van der Waals surface area (Å²) in [6.07, 6.45) is 3.78. The molecule has 1 aromatic rings. The number of nitrogens with zero attached hydrogens (tertiary/aromatic N) is 2. The van der Waals surface area contributed by atoms with Crippen LogP contribution in [0, 0.1) is 0 Å². The van der Waals surface area contributed by atoms with E-state index in [1.165, 1.54) is 4.57 Å². The number of aromatic nitrogens is 2. The van der Waals surface area contributed by atoms with Crippen LogP contribution in [0.3, 0.4) is 0 Å². The van der Waals surface area contributed by atoms with Crippen LogP contribution in [0.15, 0.2) is 17.2 Å². The topological polar surface area (TPSA) is 72.2 Å². The first kappa shape index (κ1) is 7.97. The van der Waals surface area contributed by atoms with Crippen LogP contribution in [-0.4, -0.2) is 20.6 Å². The molecule has 2 rings (SSSR count). The number of carbonyl (C=O) groups is 1. The first-order chi connectivity index (χ1) is 6.20. The number of fused-ring (bicyclic) bond motifs is 1. The monoisotopic (exact) mass is 180 g/mol. The smallest absolute Gasteiger partial charge is 0.326 e. The molecule has 2 heterocycles. The number of aliphatic carboxylic acids is 1. The molecule has 1 aromatic heterocycles. The van der Waals surface area contributed by atoms with E-state index in [-0.39, 0.29) is 5.56 Å². The normalized spacial score (nSPS) is 19.8. The van der Waals surface area contributed by atoms with Crippen LogP contribution in [0.5, 0.6) is 0 Å². The fourth-order valence-electron chi connectivity index (χ4n) is 1.64. The lowest BCUT2D eigenvalue weighted by Gasteiger charge is -2.07. The summed E-state index contributed by atoms with van der Waals surface area (Å²) in [5.41, 5.74) is 0.377. The van der Waals surface area contributed by atoms with E-state index in [1.807, 2.05) is 0 Å². The Morgan fingerprint density at radius 1 is 1.62 bits per heavy atom. The van der Waals surface area contributed by atoms with Gasteiger partial charge in [-0.15, -0.1) is 0 Å². The summed E-state index contributed by atoms with van der Waals surface area (Å²) in [6.45, 7) is 0. The quantitative estimate of drug-likeness (QED) is 0.650.